The molecular formula is C11H8BrNS. The highest BCUT2D eigenvalue weighted by Gasteiger charge is 2.07. The lowest BCUT2D eigenvalue weighted by atomic mass is 10.1. The van der Waals surface area contributed by atoms with Crippen LogP contribution < -0.4 is 0 Å². The molecular weight excluding hydrogens is 258 g/mol. The van der Waals surface area contributed by atoms with Crippen molar-refractivity contribution in [2.45, 2.75) is 12.3 Å². The molecule has 0 unspecified atom stereocenters. The maximum atomic E-state index is 9.04. The first kappa shape index (κ1) is 9.70. The first-order chi connectivity index (χ1) is 6.76. The predicted molar refractivity (Wildman–Crippen MR) is 63.9 cm³/mol. The van der Waals surface area contributed by atoms with E-state index in [9.17, 15) is 0 Å². The number of nitriles is 1. The SMILES string of the molecule is Cc1ccc2cc(CBr)sc2c1C#N. The maximum Gasteiger partial charge on any atom is 0.101 e. The molecule has 0 bridgehead atoms. The fraction of sp³-hybridized carbons (Fsp3) is 0.182. The Bertz CT molecular complexity index is 522. The summed E-state index contributed by atoms with van der Waals surface area (Å²) in [7, 11) is 0. The molecule has 1 heterocycles. The van der Waals surface area contributed by atoms with E-state index in [0.717, 1.165) is 21.2 Å². The zero-order valence-electron chi connectivity index (χ0n) is 7.67. The van der Waals surface area contributed by atoms with Crippen LogP contribution in [0.2, 0.25) is 0 Å². The van der Waals surface area contributed by atoms with Crippen molar-refractivity contribution in [3.05, 3.63) is 34.2 Å². The molecule has 0 radical (unpaired) electrons. The Morgan fingerprint density at radius 1 is 1.50 bits per heavy atom. The van der Waals surface area contributed by atoms with Crippen molar-refractivity contribution in [3.63, 3.8) is 0 Å². The topological polar surface area (TPSA) is 23.8 Å². The fourth-order valence-electron chi connectivity index (χ4n) is 1.46. The molecule has 0 aliphatic heterocycles. The lowest BCUT2D eigenvalue weighted by Gasteiger charge is -1.96. The van der Waals surface area contributed by atoms with Crippen LogP contribution in [0.1, 0.15) is 16.0 Å². The fourth-order valence-corrected chi connectivity index (χ4v) is 3.02. The van der Waals surface area contributed by atoms with E-state index >= 15 is 0 Å². The third-order valence-corrected chi connectivity index (χ3v) is 4.33. The van der Waals surface area contributed by atoms with Gasteiger partial charge >= 0.3 is 0 Å². The van der Waals surface area contributed by atoms with Crippen LogP contribution in [0.15, 0.2) is 18.2 Å². The summed E-state index contributed by atoms with van der Waals surface area (Å²) in [5.41, 5.74) is 1.88. The first-order valence-electron chi connectivity index (χ1n) is 4.24. The van der Waals surface area contributed by atoms with E-state index in [2.05, 4.69) is 34.1 Å². The van der Waals surface area contributed by atoms with E-state index < -0.39 is 0 Å². The van der Waals surface area contributed by atoms with Gasteiger partial charge in [-0.05, 0) is 23.9 Å². The first-order valence-corrected chi connectivity index (χ1v) is 6.18. The number of hydrogen-bond donors (Lipinski definition) is 0. The molecule has 0 saturated heterocycles. The molecule has 0 spiro atoms. The van der Waals surface area contributed by atoms with Crippen LogP contribution in [0.3, 0.4) is 0 Å². The maximum absolute atomic E-state index is 9.04. The van der Waals surface area contributed by atoms with Crippen LogP contribution in [-0.2, 0) is 5.33 Å². The monoisotopic (exact) mass is 265 g/mol. The summed E-state index contributed by atoms with van der Waals surface area (Å²) in [5.74, 6) is 0. The lowest BCUT2D eigenvalue weighted by Crippen LogP contribution is -1.80. The minimum Gasteiger partial charge on any atom is -0.192 e. The number of fused-ring (bicyclic) bond motifs is 1. The molecule has 0 N–H and O–H groups in total. The summed E-state index contributed by atoms with van der Waals surface area (Å²) in [6.45, 7) is 1.98. The number of aryl methyl sites for hydroxylation is 1. The summed E-state index contributed by atoms with van der Waals surface area (Å²) in [6, 6.07) is 8.49. The number of benzene rings is 1. The second kappa shape index (κ2) is 3.72. The summed E-state index contributed by atoms with van der Waals surface area (Å²) in [6.07, 6.45) is 0. The molecule has 1 nitrogen and oxygen atoms in total. The van der Waals surface area contributed by atoms with Gasteiger partial charge < -0.3 is 0 Å². The molecule has 1 aromatic heterocycles. The molecule has 14 heavy (non-hydrogen) atoms. The molecule has 0 aliphatic rings. The average Bonchev–Trinajstić information content (AvgIpc) is 2.60. The Morgan fingerprint density at radius 3 is 2.93 bits per heavy atom. The molecule has 0 aliphatic carbocycles. The molecule has 1 aromatic carbocycles. The molecule has 70 valence electrons. The Morgan fingerprint density at radius 2 is 2.29 bits per heavy atom. The van der Waals surface area contributed by atoms with E-state index in [0.29, 0.717) is 0 Å². The third kappa shape index (κ3) is 1.45. The molecule has 0 amide bonds. The van der Waals surface area contributed by atoms with Crippen molar-refractivity contribution in [2.75, 3.05) is 0 Å². The van der Waals surface area contributed by atoms with Gasteiger partial charge in [-0.15, -0.1) is 11.3 Å². The van der Waals surface area contributed by atoms with E-state index in [-0.39, 0.29) is 0 Å². The molecule has 2 rings (SSSR count). The van der Waals surface area contributed by atoms with Crippen LogP contribution in [0.25, 0.3) is 10.1 Å². The number of thiophene rings is 1. The van der Waals surface area contributed by atoms with E-state index in [1.807, 2.05) is 13.0 Å². The molecule has 0 saturated carbocycles. The molecule has 3 heteroatoms. The normalized spacial score (nSPS) is 10.4. The van der Waals surface area contributed by atoms with Gasteiger partial charge in [-0.2, -0.15) is 5.26 Å². The minimum atomic E-state index is 0.819. The third-order valence-electron chi connectivity index (χ3n) is 2.19. The second-order valence-corrected chi connectivity index (χ2v) is 4.83. The van der Waals surface area contributed by atoms with Gasteiger partial charge in [0.05, 0.1) is 10.3 Å². The van der Waals surface area contributed by atoms with Crippen molar-refractivity contribution in [3.8, 4) is 6.07 Å². The quantitative estimate of drug-likeness (QED) is 0.716. The van der Waals surface area contributed by atoms with Crippen molar-refractivity contribution >= 4 is 37.4 Å². The minimum absolute atomic E-state index is 0.819. The van der Waals surface area contributed by atoms with Crippen molar-refractivity contribution < 1.29 is 0 Å². The van der Waals surface area contributed by atoms with Crippen LogP contribution in [-0.4, -0.2) is 0 Å². The molecule has 0 atom stereocenters. The second-order valence-electron chi connectivity index (χ2n) is 3.13. The van der Waals surface area contributed by atoms with Crippen LogP contribution in [0, 0.1) is 18.3 Å². The standard InChI is InChI=1S/C11H8BrNS/c1-7-2-3-8-4-9(5-12)14-11(8)10(7)6-13/h2-4H,5H2,1H3. The van der Waals surface area contributed by atoms with E-state index in [1.54, 1.807) is 11.3 Å². The van der Waals surface area contributed by atoms with E-state index in [1.165, 1.54) is 10.3 Å². The van der Waals surface area contributed by atoms with Gasteiger partial charge in [0.1, 0.15) is 6.07 Å². The largest absolute Gasteiger partial charge is 0.192 e. The number of alkyl halides is 1. The smallest absolute Gasteiger partial charge is 0.101 e. The van der Waals surface area contributed by atoms with Gasteiger partial charge in [0.25, 0.3) is 0 Å². The number of hydrogen-bond acceptors (Lipinski definition) is 2. The van der Waals surface area contributed by atoms with Crippen LogP contribution >= 0.6 is 27.3 Å². The highest BCUT2D eigenvalue weighted by molar-refractivity contribution is 9.08. The van der Waals surface area contributed by atoms with Crippen molar-refractivity contribution in [2.24, 2.45) is 0 Å². The highest BCUT2D eigenvalue weighted by Crippen LogP contribution is 2.31. The molecule has 0 fully saturated rings. The van der Waals surface area contributed by atoms with Crippen LogP contribution in [0.5, 0.6) is 0 Å². The summed E-state index contributed by atoms with van der Waals surface area (Å²) < 4.78 is 1.11. The Kier molecular flexibility index (Phi) is 2.58. The lowest BCUT2D eigenvalue weighted by molar-refractivity contribution is 1.43. The highest BCUT2D eigenvalue weighted by atomic mass is 79.9. The summed E-state index contributed by atoms with van der Waals surface area (Å²) in [4.78, 5) is 1.27. The zero-order chi connectivity index (χ0) is 10.1. The number of nitrogens with zero attached hydrogens (tertiary/aromatic N) is 1. The Balaban J connectivity index is 2.81. The predicted octanol–water partition coefficient (Wildman–Crippen LogP) is 3.98. The summed E-state index contributed by atoms with van der Waals surface area (Å²) >= 11 is 5.12. The molecule has 2 aromatic rings. The Hall–Kier alpha value is -0.850. The summed E-state index contributed by atoms with van der Waals surface area (Å²) in [5, 5.41) is 11.1. The van der Waals surface area contributed by atoms with Gasteiger partial charge in [-0.25, -0.2) is 0 Å². The van der Waals surface area contributed by atoms with Gasteiger partial charge in [-0.3, -0.25) is 0 Å². The Labute approximate surface area is 95.1 Å². The van der Waals surface area contributed by atoms with Gasteiger partial charge in [-0.1, -0.05) is 28.1 Å². The van der Waals surface area contributed by atoms with Crippen LogP contribution in [0.4, 0.5) is 0 Å². The zero-order valence-corrected chi connectivity index (χ0v) is 10.1. The van der Waals surface area contributed by atoms with Gasteiger partial charge in [0, 0.05) is 10.2 Å². The van der Waals surface area contributed by atoms with E-state index in [4.69, 9.17) is 5.26 Å². The van der Waals surface area contributed by atoms with Crippen molar-refractivity contribution in [1.29, 1.82) is 5.26 Å². The number of rotatable bonds is 1. The average molecular weight is 266 g/mol. The van der Waals surface area contributed by atoms with Gasteiger partial charge in [0.15, 0.2) is 0 Å². The van der Waals surface area contributed by atoms with Gasteiger partial charge in [0.2, 0.25) is 0 Å². The number of halogens is 1. The van der Waals surface area contributed by atoms with Crippen molar-refractivity contribution in [1.82, 2.24) is 0 Å².